The summed E-state index contributed by atoms with van der Waals surface area (Å²) in [6, 6.07) is 0. The van der Waals surface area contributed by atoms with Gasteiger partial charge in [-0.3, -0.25) is 0 Å². The van der Waals surface area contributed by atoms with E-state index >= 15 is 0 Å². The molecule has 0 aromatic carbocycles. The maximum absolute atomic E-state index is 9.63. The van der Waals surface area contributed by atoms with Crippen molar-refractivity contribution in [3.63, 3.8) is 0 Å². The quantitative estimate of drug-likeness (QED) is 0.460. The van der Waals surface area contributed by atoms with E-state index in [2.05, 4.69) is 43.8 Å². The molecule has 0 aromatic rings. The zero-order valence-electron chi connectivity index (χ0n) is 14.0. The fraction of sp³-hybridized carbons (Fsp3) is 1.00. The van der Waals surface area contributed by atoms with Crippen LogP contribution in [0.4, 0.5) is 0 Å². The highest BCUT2D eigenvalue weighted by atomic mass is 31.3. The standard InChI is InChI=1S/C12H27N.H4O7P2/c1-6-7-8-13(9-11(2)3)10-12(4)5;1-8(2,3)7-9(4,5)6/h11-12H,6-10H2,1-5H3;(H2,1,2,3)(H2,4,5,6). The number of nitrogens with zero attached hydrogens (tertiary/aromatic N) is 1. The lowest BCUT2D eigenvalue weighted by atomic mass is 10.1. The molecule has 10 heteroatoms. The Kier molecular flexibility index (Phi) is 13.0. The van der Waals surface area contributed by atoms with Gasteiger partial charge in [0.25, 0.3) is 0 Å². The molecule has 0 saturated heterocycles. The molecule has 0 spiro atoms. The lowest BCUT2D eigenvalue weighted by molar-refractivity contribution is 0.216. The monoisotopic (exact) mass is 363 g/mol. The molecule has 0 aromatic heterocycles. The zero-order chi connectivity index (χ0) is 18.0. The first-order valence-corrected chi connectivity index (χ1v) is 10.4. The van der Waals surface area contributed by atoms with Crippen molar-refractivity contribution in [2.75, 3.05) is 19.6 Å². The van der Waals surface area contributed by atoms with E-state index in [-0.39, 0.29) is 0 Å². The van der Waals surface area contributed by atoms with E-state index in [0.29, 0.717) is 0 Å². The normalized spacial score (nSPS) is 12.7. The first-order valence-electron chi connectivity index (χ1n) is 7.31. The van der Waals surface area contributed by atoms with Crippen LogP contribution in [0.25, 0.3) is 0 Å². The van der Waals surface area contributed by atoms with Crippen LogP contribution >= 0.6 is 15.6 Å². The Morgan fingerprint density at radius 2 is 1.27 bits per heavy atom. The Balaban J connectivity index is 0. The zero-order valence-corrected chi connectivity index (χ0v) is 15.8. The van der Waals surface area contributed by atoms with E-state index in [1.807, 2.05) is 0 Å². The van der Waals surface area contributed by atoms with Crippen molar-refractivity contribution >= 4 is 15.6 Å². The van der Waals surface area contributed by atoms with Crippen molar-refractivity contribution in [1.82, 2.24) is 4.90 Å². The summed E-state index contributed by atoms with van der Waals surface area (Å²) in [5, 5.41) is 0. The molecule has 0 unspecified atom stereocenters. The van der Waals surface area contributed by atoms with Crippen LogP contribution < -0.4 is 0 Å². The van der Waals surface area contributed by atoms with E-state index in [1.54, 1.807) is 0 Å². The van der Waals surface area contributed by atoms with Gasteiger partial charge in [-0.1, -0.05) is 41.0 Å². The summed E-state index contributed by atoms with van der Waals surface area (Å²) >= 11 is 0. The molecule has 22 heavy (non-hydrogen) atoms. The van der Waals surface area contributed by atoms with E-state index in [9.17, 15) is 9.13 Å². The highest BCUT2D eigenvalue weighted by Crippen LogP contribution is 2.53. The van der Waals surface area contributed by atoms with Crippen LogP contribution in [0.2, 0.25) is 0 Å². The molecule has 8 nitrogen and oxygen atoms in total. The fourth-order valence-electron chi connectivity index (χ4n) is 1.81. The average molecular weight is 363 g/mol. The van der Waals surface area contributed by atoms with Gasteiger partial charge < -0.3 is 24.5 Å². The van der Waals surface area contributed by atoms with Gasteiger partial charge in [0.2, 0.25) is 0 Å². The predicted octanol–water partition coefficient (Wildman–Crippen LogP) is 2.59. The highest BCUT2D eigenvalue weighted by molar-refractivity contribution is 7.60. The topological polar surface area (TPSA) is 128 Å². The molecule has 4 N–H and O–H groups in total. The number of phosphoric acid groups is 2. The van der Waals surface area contributed by atoms with Gasteiger partial charge in [-0.25, -0.2) is 9.13 Å². The van der Waals surface area contributed by atoms with Gasteiger partial charge in [-0.05, 0) is 24.8 Å². The lowest BCUT2D eigenvalue weighted by Crippen LogP contribution is -2.32. The van der Waals surface area contributed by atoms with Gasteiger partial charge in [0, 0.05) is 13.1 Å². The van der Waals surface area contributed by atoms with Gasteiger partial charge >= 0.3 is 15.6 Å². The van der Waals surface area contributed by atoms with Gasteiger partial charge in [-0.15, -0.1) is 0 Å². The van der Waals surface area contributed by atoms with E-state index in [0.717, 1.165) is 11.8 Å². The molecule has 136 valence electrons. The molecular formula is C12H31NO7P2. The van der Waals surface area contributed by atoms with Gasteiger partial charge in [0.1, 0.15) is 0 Å². The Hall–Kier alpha value is 0.220. The average Bonchev–Trinajstić information content (AvgIpc) is 2.19. The van der Waals surface area contributed by atoms with Crippen molar-refractivity contribution in [3.05, 3.63) is 0 Å². The van der Waals surface area contributed by atoms with E-state index in [4.69, 9.17) is 19.6 Å². The smallest absolute Gasteiger partial charge is 0.303 e. The molecule has 0 aliphatic heterocycles. The van der Waals surface area contributed by atoms with Crippen molar-refractivity contribution in [2.45, 2.75) is 47.5 Å². The Bertz CT molecular complexity index is 334. The fourth-order valence-corrected chi connectivity index (χ4v) is 2.92. The molecule has 0 radical (unpaired) electrons. The lowest BCUT2D eigenvalue weighted by Gasteiger charge is -2.25. The Morgan fingerprint density at radius 3 is 1.45 bits per heavy atom. The summed E-state index contributed by atoms with van der Waals surface area (Å²) in [5.41, 5.74) is 0. The van der Waals surface area contributed by atoms with Crippen molar-refractivity contribution in [2.24, 2.45) is 11.8 Å². The predicted molar refractivity (Wildman–Crippen MR) is 86.2 cm³/mol. The van der Waals surface area contributed by atoms with Crippen molar-refractivity contribution in [3.8, 4) is 0 Å². The van der Waals surface area contributed by atoms with Crippen LogP contribution in [0.1, 0.15) is 47.5 Å². The third kappa shape index (κ3) is 22.5. The second kappa shape index (κ2) is 11.7. The number of rotatable bonds is 9. The molecule has 0 heterocycles. The molecular weight excluding hydrogens is 332 g/mol. The molecule has 0 atom stereocenters. The summed E-state index contributed by atoms with van der Waals surface area (Å²) in [5.74, 6) is 1.60. The van der Waals surface area contributed by atoms with E-state index < -0.39 is 15.6 Å². The van der Waals surface area contributed by atoms with Crippen LogP contribution in [-0.2, 0) is 13.4 Å². The van der Waals surface area contributed by atoms with Crippen LogP contribution in [-0.4, -0.2) is 44.1 Å². The summed E-state index contributed by atoms with van der Waals surface area (Å²) in [4.78, 5) is 33.6. The molecule has 0 rings (SSSR count). The third-order valence-corrected chi connectivity index (χ3v) is 3.99. The second-order valence-corrected chi connectivity index (χ2v) is 8.58. The number of hydrogen-bond donors (Lipinski definition) is 4. The van der Waals surface area contributed by atoms with Crippen LogP contribution in [0.3, 0.4) is 0 Å². The highest BCUT2D eigenvalue weighted by Gasteiger charge is 2.27. The van der Waals surface area contributed by atoms with Crippen LogP contribution in [0, 0.1) is 11.8 Å². The van der Waals surface area contributed by atoms with Crippen molar-refractivity contribution in [1.29, 1.82) is 0 Å². The maximum atomic E-state index is 9.63. The van der Waals surface area contributed by atoms with Gasteiger partial charge in [0.05, 0.1) is 0 Å². The number of hydrogen-bond acceptors (Lipinski definition) is 4. The van der Waals surface area contributed by atoms with Crippen LogP contribution in [0.15, 0.2) is 0 Å². The molecule has 0 aliphatic rings. The Morgan fingerprint density at radius 1 is 0.909 bits per heavy atom. The minimum absolute atomic E-state index is 0.801. The summed E-state index contributed by atoms with van der Waals surface area (Å²) in [6.07, 6.45) is 2.66. The summed E-state index contributed by atoms with van der Waals surface area (Å²) in [6.45, 7) is 15.3. The van der Waals surface area contributed by atoms with E-state index in [1.165, 1.54) is 32.5 Å². The molecule has 0 saturated carbocycles. The summed E-state index contributed by atoms with van der Waals surface area (Å²) < 4.78 is 22.2. The summed E-state index contributed by atoms with van der Waals surface area (Å²) in [7, 11) is -10.1. The first-order chi connectivity index (χ1) is 9.76. The minimum atomic E-state index is -5.05. The maximum Gasteiger partial charge on any atom is 0.478 e. The second-order valence-electron chi connectivity index (χ2n) is 5.96. The van der Waals surface area contributed by atoms with Crippen molar-refractivity contribution < 1.29 is 33.0 Å². The molecule has 0 amide bonds. The SMILES string of the molecule is CCCCN(CC(C)C)CC(C)C.O=P(O)(O)OP(=O)(O)O. The minimum Gasteiger partial charge on any atom is -0.303 e. The molecule has 0 bridgehead atoms. The first kappa shape index (κ1) is 24.5. The van der Waals surface area contributed by atoms with Gasteiger partial charge in [0.15, 0.2) is 0 Å². The van der Waals surface area contributed by atoms with Crippen LogP contribution in [0.5, 0.6) is 0 Å². The molecule has 0 aliphatic carbocycles. The third-order valence-electron chi connectivity index (χ3n) is 2.29. The largest absolute Gasteiger partial charge is 0.478 e. The van der Waals surface area contributed by atoms with Gasteiger partial charge in [-0.2, -0.15) is 4.31 Å². The molecule has 0 fully saturated rings. The Labute approximate surface area is 133 Å². The number of unbranched alkanes of at least 4 members (excludes halogenated alkanes) is 1.